The summed E-state index contributed by atoms with van der Waals surface area (Å²) in [5.74, 6) is 0.320. The van der Waals surface area contributed by atoms with Gasteiger partial charge in [-0.2, -0.15) is 0 Å². The number of aromatic nitrogens is 2. The molecule has 0 aliphatic carbocycles. The van der Waals surface area contributed by atoms with Crippen LogP contribution in [-0.4, -0.2) is 41.6 Å². The van der Waals surface area contributed by atoms with Gasteiger partial charge in [-0.1, -0.05) is 30.8 Å². The van der Waals surface area contributed by atoms with Crippen LogP contribution in [0.25, 0.3) is 22.0 Å². The third kappa shape index (κ3) is 4.83. The number of carbonyl (C=O) groups is 1. The molecule has 1 amide bonds. The first-order chi connectivity index (χ1) is 17.6. The maximum atomic E-state index is 12.1. The molecule has 4 aromatic rings. The van der Waals surface area contributed by atoms with Crippen LogP contribution < -0.4 is 20.3 Å². The highest BCUT2D eigenvalue weighted by atomic mass is 16.5. The normalized spacial score (nSPS) is 15.3. The van der Waals surface area contributed by atoms with E-state index in [4.69, 9.17) is 4.74 Å². The Kier molecular flexibility index (Phi) is 6.73. The first-order valence-electron chi connectivity index (χ1n) is 12.2. The molecule has 7 nitrogen and oxygen atoms in total. The van der Waals surface area contributed by atoms with E-state index in [0.29, 0.717) is 18.5 Å². The summed E-state index contributed by atoms with van der Waals surface area (Å²) >= 11 is 0. The van der Waals surface area contributed by atoms with Crippen LogP contribution >= 0.6 is 0 Å². The number of anilines is 2. The van der Waals surface area contributed by atoms with E-state index in [2.05, 4.69) is 69.2 Å². The Balaban J connectivity index is 1.36. The van der Waals surface area contributed by atoms with E-state index in [1.165, 1.54) is 17.0 Å². The second kappa shape index (κ2) is 10.3. The maximum absolute atomic E-state index is 12.1. The number of hydrogen-bond donors (Lipinski definition) is 2. The zero-order valence-electron chi connectivity index (χ0n) is 20.7. The minimum Gasteiger partial charge on any atom is -0.473 e. The summed E-state index contributed by atoms with van der Waals surface area (Å²) in [6.45, 7) is 5.76. The van der Waals surface area contributed by atoms with E-state index in [9.17, 15) is 4.79 Å². The number of carbonyl (C=O) groups excluding carboxylic acids is 1. The number of likely N-dealkylation sites (N-methyl/N-ethyl adjacent to an activating group) is 1. The van der Waals surface area contributed by atoms with Crippen molar-refractivity contribution in [2.75, 3.05) is 30.4 Å². The first kappa shape index (κ1) is 23.6. The van der Waals surface area contributed by atoms with Crippen molar-refractivity contribution in [1.82, 2.24) is 14.9 Å². The molecule has 184 valence electrons. The first-order valence-corrected chi connectivity index (χ1v) is 12.2. The van der Waals surface area contributed by atoms with Crippen molar-refractivity contribution in [1.29, 1.82) is 0 Å². The van der Waals surface area contributed by atoms with Crippen LogP contribution in [0.3, 0.4) is 0 Å². The van der Waals surface area contributed by atoms with Crippen LogP contribution in [0.1, 0.15) is 12.0 Å². The van der Waals surface area contributed by atoms with E-state index in [-0.39, 0.29) is 5.91 Å². The van der Waals surface area contributed by atoms with Crippen LogP contribution in [-0.2, 0) is 18.4 Å². The van der Waals surface area contributed by atoms with Gasteiger partial charge in [0.05, 0.1) is 11.4 Å². The van der Waals surface area contributed by atoms with Gasteiger partial charge in [-0.05, 0) is 54.9 Å². The number of benzene rings is 2. The standard InChI is InChI=1S/C29H31N5O2/c1-4-28(35)32-25-15-20(9-10-27(25)34-14-12-22(17-34)30-2)19-36-29-16-21(11-13-31-29)24-18-33(3)26-8-6-5-7-23(24)26/h4-11,13,15-16,18,22,30H,1,12,14,17,19H2,2-3H3,(H,32,35). The van der Waals surface area contributed by atoms with Crippen LogP contribution in [0.4, 0.5) is 11.4 Å². The van der Waals surface area contributed by atoms with Crippen molar-refractivity contribution in [2.45, 2.75) is 19.1 Å². The van der Waals surface area contributed by atoms with E-state index < -0.39 is 0 Å². The fourth-order valence-corrected chi connectivity index (χ4v) is 4.83. The Morgan fingerprint density at radius 1 is 1.22 bits per heavy atom. The number of hydrogen-bond acceptors (Lipinski definition) is 5. The van der Waals surface area contributed by atoms with Crippen LogP contribution in [0.2, 0.25) is 0 Å². The largest absolute Gasteiger partial charge is 0.473 e. The van der Waals surface area contributed by atoms with Crippen molar-refractivity contribution in [3.63, 3.8) is 0 Å². The molecule has 0 saturated carbocycles. The van der Waals surface area contributed by atoms with Crippen LogP contribution in [0.15, 0.2) is 79.6 Å². The molecule has 1 atom stereocenters. The molecule has 2 aromatic heterocycles. The molecule has 1 aliphatic rings. The van der Waals surface area contributed by atoms with E-state index in [0.717, 1.165) is 47.6 Å². The summed E-state index contributed by atoms with van der Waals surface area (Å²) < 4.78 is 8.22. The summed E-state index contributed by atoms with van der Waals surface area (Å²) in [6.07, 6.45) is 6.26. The molecule has 0 spiro atoms. The van der Waals surface area contributed by atoms with Gasteiger partial charge >= 0.3 is 0 Å². The highest BCUT2D eigenvalue weighted by Crippen LogP contribution is 2.33. The Morgan fingerprint density at radius 2 is 2.08 bits per heavy atom. The van der Waals surface area contributed by atoms with Gasteiger partial charge in [0.15, 0.2) is 0 Å². The lowest BCUT2D eigenvalue weighted by molar-refractivity contribution is -0.111. The monoisotopic (exact) mass is 481 g/mol. The van der Waals surface area contributed by atoms with Gasteiger partial charge in [-0.3, -0.25) is 4.79 Å². The quantitative estimate of drug-likeness (QED) is 0.356. The van der Waals surface area contributed by atoms with Crippen molar-refractivity contribution < 1.29 is 9.53 Å². The summed E-state index contributed by atoms with van der Waals surface area (Å²) in [7, 11) is 4.04. The third-order valence-electron chi connectivity index (χ3n) is 6.77. The van der Waals surface area contributed by atoms with Crippen LogP contribution in [0, 0.1) is 0 Å². The Labute approximate surface area is 211 Å². The lowest BCUT2D eigenvalue weighted by atomic mass is 10.1. The fourth-order valence-electron chi connectivity index (χ4n) is 4.83. The number of nitrogens with zero attached hydrogens (tertiary/aromatic N) is 3. The second-order valence-corrected chi connectivity index (χ2v) is 9.11. The Hall–Kier alpha value is -4.10. The summed E-state index contributed by atoms with van der Waals surface area (Å²) in [5, 5.41) is 7.50. The van der Waals surface area contributed by atoms with E-state index in [1.807, 2.05) is 37.4 Å². The molecule has 1 aliphatic heterocycles. The summed E-state index contributed by atoms with van der Waals surface area (Å²) in [4.78, 5) is 18.8. The topological polar surface area (TPSA) is 71.4 Å². The molecule has 0 bridgehead atoms. The van der Waals surface area contributed by atoms with Gasteiger partial charge in [0.25, 0.3) is 0 Å². The van der Waals surface area contributed by atoms with Crippen molar-refractivity contribution in [3.05, 3.63) is 85.2 Å². The van der Waals surface area contributed by atoms with Crippen molar-refractivity contribution >= 4 is 28.2 Å². The number of ether oxygens (including phenoxy) is 1. The molecule has 2 aromatic carbocycles. The maximum Gasteiger partial charge on any atom is 0.247 e. The summed E-state index contributed by atoms with van der Waals surface area (Å²) in [5.41, 5.74) is 6.08. The Bertz CT molecular complexity index is 1410. The lowest BCUT2D eigenvalue weighted by Gasteiger charge is -2.23. The third-order valence-corrected chi connectivity index (χ3v) is 6.77. The molecule has 7 heteroatoms. The number of pyridine rings is 1. The van der Waals surface area contributed by atoms with E-state index in [1.54, 1.807) is 6.20 Å². The van der Waals surface area contributed by atoms with Gasteiger partial charge in [-0.25, -0.2) is 4.98 Å². The molecule has 1 saturated heterocycles. The predicted octanol–water partition coefficient (Wildman–Crippen LogP) is 4.74. The molecular formula is C29H31N5O2. The molecular weight excluding hydrogens is 450 g/mol. The lowest BCUT2D eigenvalue weighted by Crippen LogP contribution is -2.30. The van der Waals surface area contributed by atoms with Gasteiger partial charge < -0.3 is 24.8 Å². The number of aryl methyl sites for hydroxylation is 1. The number of fused-ring (bicyclic) bond motifs is 1. The molecule has 5 rings (SSSR count). The highest BCUT2D eigenvalue weighted by molar-refractivity contribution is 6.01. The smallest absolute Gasteiger partial charge is 0.247 e. The fraction of sp³-hybridized carbons (Fsp3) is 0.241. The van der Waals surface area contributed by atoms with Gasteiger partial charge in [0.2, 0.25) is 11.8 Å². The highest BCUT2D eigenvalue weighted by Gasteiger charge is 2.23. The summed E-state index contributed by atoms with van der Waals surface area (Å²) in [6, 6.07) is 18.8. The zero-order valence-corrected chi connectivity index (χ0v) is 20.7. The number of nitrogens with one attached hydrogen (secondary N) is 2. The van der Waals surface area contributed by atoms with Gasteiger partial charge in [-0.15, -0.1) is 0 Å². The molecule has 36 heavy (non-hydrogen) atoms. The van der Waals surface area contributed by atoms with Gasteiger partial charge in [0, 0.05) is 61.1 Å². The van der Waals surface area contributed by atoms with Crippen molar-refractivity contribution in [3.8, 4) is 17.0 Å². The number of para-hydroxylation sites is 1. The van der Waals surface area contributed by atoms with Crippen molar-refractivity contribution in [2.24, 2.45) is 7.05 Å². The molecule has 2 N–H and O–H groups in total. The van der Waals surface area contributed by atoms with Gasteiger partial charge in [0.1, 0.15) is 6.61 Å². The molecule has 1 fully saturated rings. The van der Waals surface area contributed by atoms with E-state index >= 15 is 0 Å². The van der Waals surface area contributed by atoms with Crippen LogP contribution in [0.5, 0.6) is 5.88 Å². The average molecular weight is 482 g/mol. The average Bonchev–Trinajstić information content (AvgIpc) is 3.52. The molecule has 3 heterocycles. The minimum atomic E-state index is -0.233. The second-order valence-electron chi connectivity index (χ2n) is 9.11. The predicted molar refractivity (Wildman–Crippen MR) is 145 cm³/mol. The Morgan fingerprint density at radius 3 is 2.89 bits per heavy atom. The molecule has 1 unspecified atom stereocenters. The number of rotatable bonds is 8. The SMILES string of the molecule is C=CC(=O)Nc1cc(COc2cc(-c3cn(C)c4ccccc34)ccn2)ccc1N1CCC(NC)C1. The number of amides is 1. The minimum absolute atomic E-state index is 0.233. The molecule has 0 radical (unpaired) electrons. The zero-order chi connectivity index (χ0) is 25.1.